The van der Waals surface area contributed by atoms with Crippen molar-refractivity contribution in [1.29, 1.82) is 0 Å². The second-order valence-electron chi connectivity index (χ2n) is 5.84. The van der Waals surface area contributed by atoms with E-state index in [9.17, 15) is 13.5 Å². The van der Waals surface area contributed by atoms with Crippen molar-refractivity contribution < 1.29 is 17.3 Å². The maximum atomic E-state index is 11.7. The largest absolute Gasteiger partial charge is 0.392 e. The lowest BCUT2D eigenvalue weighted by molar-refractivity contribution is 0.282. The van der Waals surface area contributed by atoms with Crippen LogP contribution in [-0.4, -0.2) is 31.4 Å². The van der Waals surface area contributed by atoms with Crippen LogP contribution in [0, 0.1) is 0 Å². The number of fused-ring (bicyclic) bond motifs is 1. The van der Waals surface area contributed by atoms with E-state index in [0.717, 1.165) is 23.4 Å². The number of benzene rings is 1. The molecule has 2 rings (SSSR count). The zero-order chi connectivity index (χ0) is 16.5. The molecule has 0 spiro atoms. The summed E-state index contributed by atoms with van der Waals surface area (Å²) < 4.78 is 27.5. The second kappa shape index (κ2) is 6.20. The normalized spacial score (nSPS) is 17.1. The van der Waals surface area contributed by atoms with Crippen molar-refractivity contribution in [3.8, 4) is 0 Å². The number of aliphatic hydroxyl groups excluding tert-OH is 1. The van der Waals surface area contributed by atoms with Gasteiger partial charge >= 0.3 is 0 Å². The van der Waals surface area contributed by atoms with Gasteiger partial charge in [-0.3, -0.25) is 0 Å². The van der Waals surface area contributed by atoms with Crippen LogP contribution < -0.4 is 4.90 Å². The standard InChI is InChI=1S/C15H20ClNO4S/c1-4-17-14-7-11(9-18)5-6-13(14)12(8-15(17,2)3)10-22(19,20)21-16/h5-8,18H,4,9-10H2,1-3H3. The molecule has 0 bridgehead atoms. The van der Waals surface area contributed by atoms with E-state index in [-0.39, 0.29) is 17.9 Å². The molecule has 1 aliphatic rings. The summed E-state index contributed by atoms with van der Waals surface area (Å²) >= 11 is 5.06. The van der Waals surface area contributed by atoms with Gasteiger partial charge in [0.1, 0.15) is 5.75 Å². The van der Waals surface area contributed by atoms with Crippen LogP contribution in [0.3, 0.4) is 0 Å². The van der Waals surface area contributed by atoms with E-state index in [4.69, 9.17) is 11.9 Å². The molecule has 122 valence electrons. The molecular formula is C15H20ClNO4S. The Morgan fingerprint density at radius 1 is 1.36 bits per heavy atom. The number of likely N-dealkylation sites (N-methyl/N-ethyl adjacent to an activating group) is 1. The Bertz CT molecular complexity index is 697. The molecule has 7 heteroatoms. The Labute approximate surface area is 136 Å². The van der Waals surface area contributed by atoms with Gasteiger partial charge in [0.05, 0.1) is 24.0 Å². The highest BCUT2D eigenvalue weighted by Crippen LogP contribution is 2.40. The van der Waals surface area contributed by atoms with Gasteiger partial charge in [-0.1, -0.05) is 18.2 Å². The fourth-order valence-corrected chi connectivity index (χ4v) is 3.77. The first kappa shape index (κ1) is 17.3. The highest BCUT2D eigenvalue weighted by atomic mass is 35.5. The van der Waals surface area contributed by atoms with Crippen molar-refractivity contribution in [2.75, 3.05) is 17.2 Å². The van der Waals surface area contributed by atoms with Crippen molar-refractivity contribution in [3.05, 3.63) is 35.4 Å². The topological polar surface area (TPSA) is 66.8 Å². The zero-order valence-corrected chi connectivity index (χ0v) is 14.4. The number of hydrogen-bond acceptors (Lipinski definition) is 5. The Hall–Kier alpha value is -1.08. The lowest BCUT2D eigenvalue weighted by Gasteiger charge is -2.43. The van der Waals surface area contributed by atoms with Crippen molar-refractivity contribution in [2.24, 2.45) is 0 Å². The zero-order valence-electron chi connectivity index (χ0n) is 12.8. The number of aliphatic hydroxyl groups is 1. The maximum Gasteiger partial charge on any atom is 0.287 e. The minimum Gasteiger partial charge on any atom is -0.392 e. The first-order chi connectivity index (χ1) is 10.2. The summed E-state index contributed by atoms with van der Waals surface area (Å²) in [7, 11) is -3.82. The van der Waals surface area contributed by atoms with E-state index >= 15 is 0 Å². The summed E-state index contributed by atoms with van der Waals surface area (Å²) in [5, 5.41) is 9.35. The van der Waals surface area contributed by atoms with E-state index in [0.29, 0.717) is 5.57 Å². The Morgan fingerprint density at radius 2 is 2.05 bits per heavy atom. The highest BCUT2D eigenvalue weighted by molar-refractivity contribution is 7.87. The summed E-state index contributed by atoms with van der Waals surface area (Å²) in [6.07, 6.45) is 1.92. The lowest BCUT2D eigenvalue weighted by atomic mass is 9.88. The predicted octanol–water partition coefficient (Wildman–Crippen LogP) is 2.68. The average Bonchev–Trinajstić information content (AvgIpc) is 2.45. The van der Waals surface area contributed by atoms with Gasteiger partial charge in [-0.25, -0.2) is 0 Å². The molecule has 0 aromatic heterocycles. The second-order valence-corrected chi connectivity index (χ2v) is 7.75. The Balaban J connectivity index is 2.60. The predicted molar refractivity (Wildman–Crippen MR) is 88.2 cm³/mol. The van der Waals surface area contributed by atoms with Crippen molar-refractivity contribution >= 4 is 33.2 Å². The number of halogens is 1. The van der Waals surface area contributed by atoms with Crippen molar-refractivity contribution in [1.82, 2.24) is 0 Å². The smallest absolute Gasteiger partial charge is 0.287 e. The minimum absolute atomic E-state index is 0.0621. The number of rotatable bonds is 5. The lowest BCUT2D eigenvalue weighted by Crippen LogP contribution is -2.45. The molecule has 0 saturated carbocycles. The molecule has 1 aromatic carbocycles. The first-order valence-corrected chi connectivity index (χ1v) is 8.89. The first-order valence-electron chi connectivity index (χ1n) is 7.00. The summed E-state index contributed by atoms with van der Waals surface area (Å²) in [6.45, 7) is 6.76. The molecule has 1 aliphatic heterocycles. The van der Waals surface area contributed by atoms with Crippen LogP contribution >= 0.6 is 11.9 Å². The number of nitrogens with zero attached hydrogens (tertiary/aromatic N) is 1. The van der Waals surface area contributed by atoms with Gasteiger partial charge in [-0.15, -0.1) is 0 Å². The summed E-state index contributed by atoms with van der Waals surface area (Å²) in [6, 6.07) is 5.50. The van der Waals surface area contributed by atoms with Gasteiger partial charge in [-0.2, -0.15) is 12.2 Å². The fourth-order valence-electron chi connectivity index (χ4n) is 2.97. The SMILES string of the molecule is CCN1c2cc(CO)ccc2C(CS(=O)(=O)OCl)=CC1(C)C. The molecule has 0 fully saturated rings. The molecule has 1 aromatic rings. The molecule has 1 heterocycles. The van der Waals surface area contributed by atoms with Gasteiger partial charge in [0.15, 0.2) is 0 Å². The minimum atomic E-state index is -3.82. The molecule has 0 saturated heterocycles. The number of anilines is 1. The number of hydrogen-bond donors (Lipinski definition) is 1. The third kappa shape index (κ3) is 3.30. The van der Waals surface area contributed by atoms with Gasteiger partial charge in [0, 0.05) is 17.8 Å². The van der Waals surface area contributed by atoms with Crippen LogP contribution in [0.1, 0.15) is 31.9 Å². The van der Waals surface area contributed by atoms with Gasteiger partial charge in [0.2, 0.25) is 0 Å². The van der Waals surface area contributed by atoms with Crippen LogP contribution in [0.4, 0.5) is 5.69 Å². The Kier molecular flexibility index (Phi) is 4.87. The van der Waals surface area contributed by atoms with Crippen LogP contribution in [0.15, 0.2) is 24.3 Å². The third-order valence-corrected chi connectivity index (χ3v) is 5.28. The molecule has 1 N–H and O–H groups in total. The molecule has 0 aliphatic carbocycles. The van der Waals surface area contributed by atoms with Crippen molar-refractivity contribution in [3.63, 3.8) is 0 Å². The summed E-state index contributed by atoms with van der Waals surface area (Å²) in [4.78, 5) is 2.17. The highest BCUT2D eigenvalue weighted by Gasteiger charge is 2.33. The van der Waals surface area contributed by atoms with Crippen LogP contribution in [-0.2, 0) is 20.5 Å². The molecular weight excluding hydrogens is 326 g/mol. The molecule has 0 radical (unpaired) electrons. The summed E-state index contributed by atoms with van der Waals surface area (Å²) in [5.41, 5.74) is 2.80. The molecule has 22 heavy (non-hydrogen) atoms. The van der Waals surface area contributed by atoms with E-state index in [2.05, 4.69) is 8.64 Å². The molecule has 0 unspecified atom stereocenters. The van der Waals surface area contributed by atoms with Gasteiger partial charge in [0.25, 0.3) is 10.1 Å². The van der Waals surface area contributed by atoms with E-state index in [1.807, 2.05) is 39.0 Å². The van der Waals surface area contributed by atoms with Crippen LogP contribution in [0.25, 0.3) is 5.57 Å². The third-order valence-electron chi connectivity index (χ3n) is 3.85. The molecule has 0 atom stereocenters. The Morgan fingerprint density at radius 3 is 2.59 bits per heavy atom. The molecule has 0 amide bonds. The fraction of sp³-hybridized carbons (Fsp3) is 0.467. The maximum absolute atomic E-state index is 11.7. The summed E-state index contributed by atoms with van der Waals surface area (Å²) in [5.74, 6) is -0.289. The quantitative estimate of drug-likeness (QED) is 0.888. The average molecular weight is 346 g/mol. The monoisotopic (exact) mass is 345 g/mol. The van der Waals surface area contributed by atoms with E-state index < -0.39 is 10.1 Å². The van der Waals surface area contributed by atoms with Crippen LogP contribution in [0.5, 0.6) is 0 Å². The molecule has 5 nitrogen and oxygen atoms in total. The van der Waals surface area contributed by atoms with Gasteiger partial charge < -0.3 is 10.0 Å². The van der Waals surface area contributed by atoms with Gasteiger partial charge in [-0.05, 0) is 38.0 Å². The van der Waals surface area contributed by atoms with Crippen molar-refractivity contribution in [2.45, 2.75) is 32.9 Å². The van der Waals surface area contributed by atoms with E-state index in [1.54, 1.807) is 6.07 Å². The van der Waals surface area contributed by atoms with Crippen LogP contribution in [0.2, 0.25) is 0 Å². The van der Waals surface area contributed by atoms with E-state index in [1.165, 1.54) is 0 Å².